The molecule has 3 N–H and O–H groups in total. The molecule has 0 aliphatic carbocycles. The second kappa shape index (κ2) is 10.2. The normalized spacial score (nSPS) is 11.9. The highest BCUT2D eigenvalue weighted by Crippen LogP contribution is 2.00. The van der Waals surface area contributed by atoms with Gasteiger partial charge in [0, 0.05) is 13.2 Å². The van der Waals surface area contributed by atoms with Gasteiger partial charge in [0.25, 0.3) is 0 Å². The summed E-state index contributed by atoms with van der Waals surface area (Å²) in [7, 11) is 0. The Morgan fingerprint density at radius 1 is 1.47 bits per heavy atom. The van der Waals surface area contributed by atoms with E-state index in [2.05, 4.69) is 10.6 Å². The predicted octanol–water partition coefficient (Wildman–Crippen LogP) is 0.528. The second-order valence-corrected chi connectivity index (χ2v) is 4.26. The summed E-state index contributed by atoms with van der Waals surface area (Å²) in [5.41, 5.74) is 0. The zero-order chi connectivity index (χ0) is 13.1. The fraction of sp³-hybridized carbons (Fsp3) is 0.800. The molecule has 7 heteroatoms. The van der Waals surface area contributed by atoms with Crippen molar-refractivity contribution in [3.05, 3.63) is 0 Å². The van der Waals surface area contributed by atoms with Crippen LogP contribution in [0.4, 0.5) is 4.79 Å². The summed E-state index contributed by atoms with van der Waals surface area (Å²) >= 11 is 1.54. The Morgan fingerprint density at radius 3 is 2.71 bits per heavy atom. The lowest BCUT2D eigenvalue weighted by Gasteiger charge is -2.14. The van der Waals surface area contributed by atoms with E-state index in [1.807, 2.05) is 13.2 Å². The van der Waals surface area contributed by atoms with Crippen molar-refractivity contribution in [2.24, 2.45) is 0 Å². The third kappa shape index (κ3) is 8.82. The van der Waals surface area contributed by atoms with Crippen molar-refractivity contribution in [1.29, 1.82) is 0 Å². The molecule has 0 aromatic rings. The monoisotopic (exact) mass is 264 g/mol. The van der Waals surface area contributed by atoms with Crippen molar-refractivity contribution in [2.75, 3.05) is 31.8 Å². The first-order valence-electron chi connectivity index (χ1n) is 5.45. The minimum atomic E-state index is -1.01. The molecule has 1 atom stereocenters. The number of amides is 2. The molecule has 0 fully saturated rings. The lowest BCUT2D eigenvalue weighted by atomic mass is 10.2. The second-order valence-electron chi connectivity index (χ2n) is 3.27. The average molecular weight is 264 g/mol. The van der Waals surface area contributed by atoms with Gasteiger partial charge in [-0.05, 0) is 25.4 Å². The van der Waals surface area contributed by atoms with Crippen molar-refractivity contribution in [1.82, 2.24) is 10.6 Å². The van der Waals surface area contributed by atoms with Gasteiger partial charge in [0.05, 0.1) is 6.61 Å². The first kappa shape index (κ1) is 16.1. The number of ether oxygens (including phenoxy) is 1. The van der Waals surface area contributed by atoms with Crippen LogP contribution in [0.15, 0.2) is 0 Å². The number of carbonyl (C=O) groups excluding carboxylic acids is 1. The number of hydrogen-bond acceptors (Lipinski definition) is 4. The molecule has 0 rings (SSSR count). The van der Waals surface area contributed by atoms with Crippen LogP contribution in [0.1, 0.15) is 13.3 Å². The first-order chi connectivity index (χ1) is 8.11. The third-order valence-corrected chi connectivity index (χ3v) is 2.59. The summed E-state index contributed by atoms with van der Waals surface area (Å²) in [6, 6.07) is -1.31. The van der Waals surface area contributed by atoms with Crippen molar-refractivity contribution >= 4 is 23.8 Å². The van der Waals surface area contributed by atoms with E-state index >= 15 is 0 Å². The molecule has 0 aromatic heterocycles. The maximum Gasteiger partial charge on any atom is 0.326 e. The van der Waals surface area contributed by atoms with Crippen LogP contribution in [-0.2, 0) is 9.53 Å². The number of carboxylic acid groups (broad SMARTS) is 1. The van der Waals surface area contributed by atoms with Crippen molar-refractivity contribution in [2.45, 2.75) is 19.4 Å². The highest BCUT2D eigenvalue weighted by molar-refractivity contribution is 7.98. The highest BCUT2D eigenvalue weighted by atomic mass is 32.2. The van der Waals surface area contributed by atoms with Gasteiger partial charge in [0.2, 0.25) is 0 Å². The maximum atomic E-state index is 11.3. The number of rotatable bonds is 9. The molecule has 0 saturated heterocycles. The smallest absolute Gasteiger partial charge is 0.326 e. The molecule has 100 valence electrons. The van der Waals surface area contributed by atoms with Gasteiger partial charge in [-0.15, -0.1) is 0 Å². The molecule has 0 heterocycles. The summed E-state index contributed by atoms with van der Waals surface area (Å²) in [4.78, 5) is 22.2. The van der Waals surface area contributed by atoms with Gasteiger partial charge in [-0.25, -0.2) is 9.59 Å². The Hall–Kier alpha value is -0.950. The number of nitrogens with one attached hydrogen (secondary N) is 2. The highest BCUT2D eigenvalue weighted by Gasteiger charge is 2.18. The Kier molecular flexibility index (Phi) is 9.65. The lowest BCUT2D eigenvalue weighted by molar-refractivity contribution is -0.139. The molecule has 6 nitrogen and oxygen atoms in total. The van der Waals surface area contributed by atoms with E-state index in [0.29, 0.717) is 31.9 Å². The SMILES string of the molecule is CCOCCNC(=O)N[C@@H](CCSC)C(=O)O. The van der Waals surface area contributed by atoms with Crippen LogP contribution < -0.4 is 10.6 Å². The van der Waals surface area contributed by atoms with Crippen LogP contribution in [0.5, 0.6) is 0 Å². The van der Waals surface area contributed by atoms with Crippen LogP contribution in [0.25, 0.3) is 0 Å². The molecule has 0 aliphatic rings. The first-order valence-corrected chi connectivity index (χ1v) is 6.85. The van der Waals surface area contributed by atoms with Crippen LogP contribution in [-0.4, -0.2) is 54.9 Å². The van der Waals surface area contributed by atoms with Gasteiger partial charge in [-0.3, -0.25) is 0 Å². The Morgan fingerprint density at radius 2 is 2.18 bits per heavy atom. The van der Waals surface area contributed by atoms with Crippen LogP contribution in [0.3, 0.4) is 0 Å². The number of aliphatic carboxylic acids is 1. The van der Waals surface area contributed by atoms with E-state index in [4.69, 9.17) is 9.84 Å². The van der Waals surface area contributed by atoms with Crippen molar-refractivity contribution in [3.8, 4) is 0 Å². The predicted molar refractivity (Wildman–Crippen MR) is 67.5 cm³/mol. The van der Waals surface area contributed by atoms with Crippen molar-refractivity contribution < 1.29 is 19.4 Å². The molecule has 0 aliphatic heterocycles. The summed E-state index contributed by atoms with van der Waals surface area (Å²) in [6.07, 6.45) is 2.30. The molecule has 0 radical (unpaired) electrons. The largest absolute Gasteiger partial charge is 0.480 e. The van der Waals surface area contributed by atoms with Gasteiger partial charge < -0.3 is 20.5 Å². The molecule has 2 amide bonds. The number of hydrogen-bond donors (Lipinski definition) is 3. The van der Waals surface area contributed by atoms with Crippen LogP contribution in [0, 0.1) is 0 Å². The lowest BCUT2D eigenvalue weighted by Crippen LogP contribution is -2.47. The molecule has 0 aromatic carbocycles. The number of urea groups is 1. The van der Waals surface area contributed by atoms with Gasteiger partial charge in [-0.2, -0.15) is 11.8 Å². The van der Waals surface area contributed by atoms with Crippen LogP contribution in [0.2, 0.25) is 0 Å². The zero-order valence-electron chi connectivity index (χ0n) is 10.2. The number of carbonyl (C=O) groups is 2. The summed E-state index contributed by atoms with van der Waals surface area (Å²) in [6.45, 7) is 3.25. The third-order valence-electron chi connectivity index (χ3n) is 1.95. The molecule has 17 heavy (non-hydrogen) atoms. The van der Waals surface area contributed by atoms with E-state index in [1.54, 1.807) is 11.8 Å². The van der Waals surface area contributed by atoms with E-state index in [1.165, 1.54) is 0 Å². The van der Waals surface area contributed by atoms with Gasteiger partial charge in [0.1, 0.15) is 6.04 Å². The Bertz CT molecular complexity index is 238. The summed E-state index contributed by atoms with van der Waals surface area (Å²) in [5, 5.41) is 13.8. The van der Waals surface area contributed by atoms with E-state index in [0.717, 1.165) is 0 Å². The van der Waals surface area contributed by atoms with E-state index in [-0.39, 0.29) is 0 Å². The topological polar surface area (TPSA) is 87.7 Å². The fourth-order valence-corrected chi connectivity index (χ4v) is 1.55. The zero-order valence-corrected chi connectivity index (χ0v) is 11.0. The van der Waals surface area contributed by atoms with E-state index in [9.17, 15) is 9.59 Å². The maximum absolute atomic E-state index is 11.3. The van der Waals surface area contributed by atoms with Gasteiger partial charge in [-0.1, -0.05) is 0 Å². The van der Waals surface area contributed by atoms with E-state index < -0.39 is 18.0 Å². The molecule has 0 spiro atoms. The summed E-state index contributed by atoms with van der Waals surface area (Å²) < 4.78 is 5.04. The minimum absolute atomic E-state index is 0.370. The molecule has 0 bridgehead atoms. The number of thioether (sulfide) groups is 1. The van der Waals surface area contributed by atoms with Crippen molar-refractivity contribution in [3.63, 3.8) is 0 Å². The molecular weight excluding hydrogens is 244 g/mol. The Balaban J connectivity index is 3.83. The standard InChI is InChI=1S/C10H20N2O4S/c1-3-16-6-5-11-10(15)12-8(9(13)14)4-7-17-2/h8H,3-7H2,1-2H3,(H,13,14)(H2,11,12,15)/t8-/m0/s1. The summed E-state index contributed by atoms with van der Waals surface area (Å²) in [5.74, 6) is -0.324. The molecular formula is C10H20N2O4S. The van der Waals surface area contributed by atoms with Gasteiger partial charge in [0.15, 0.2) is 0 Å². The molecule has 0 saturated carbocycles. The number of carboxylic acids is 1. The fourth-order valence-electron chi connectivity index (χ4n) is 1.08. The van der Waals surface area contributed by atoms with Crippen LogP contribution >= 0.6 is 11.8 Å². The minimum Gasteiger partial charge on any atom is -0.480 e. The molecule has 0 unspecified atom stereocenters. The average Bonchev–Trinajstić information content (AvgIpc) is 2.29. The quantitative estimate of drug-likeness (QED) is 0.529. The van der Waals surface area contributed by atoms with Gasteiger partial charge >= 0.3 is 12.0 Å². The Labute approximate surface area is 105 Å².